The number of carbonyl (C=O) groups is 1. The van der Waals surface area contributed by atoms with Gasteiger partial charge in [0.05, 0.1) is 6.61 Å². The minimum absolute atomic E-state index is 0.255. The van der Waals surface area contributed by atoms with Gasteiger partial charge in [-0.15, -0.1) is 0 Å². The Labute approximate surface area is 60.3 Å². The average Bonchev–Trinajstić information content (AvgIpc) is 1.87. The predicted molar refractivity (Wildman–Crippen MR) is 38.0 cm³/mol. The highest BCUT2D eigenvalue weighted by molar-refractivity contribution is 5.56. The first-order valence-corrected chi connectivity index (χ1v) is 3.14. The maximum atomic E-state index is 9.83. The van der Waals surface area contributed by atoms with Crippen LogP contribution in [0.4, 0.5) is 4.79 Å². The molecule has 0 rings (SSSR count). The van der Waals surface area contributed by atoms with Crippen molar-refractivity contribution in [3.05, 3.63) is 11.6 Å². The Morgan fingerprint density at radius 3 is 2.70 bits per heavy atom. The first kappa shape index (κ1) is 9.01. The smallest absolute Gasteiger partial charge is 0.450 e. The predicted octanol–water partition coefficient (Wildman–Crippen LogP) is 2.04. The highest BCUT2D eigenvalue weighted by Crippen LogP contribution is 1.98. The van der Waals surface area contributed by atoms with E-state index in [1.54, 1.807) is 0 Å². The third kappa shape index (κ3) is 5.15. The molecule has 0 radical (unpaired) electrons. The summed E-state index contributed by atoms with van der Waals surface area (Å²) >= 11 is 0. The van der Waals surface area contributed by atoms with Crippen molar-refractivity contribution in [1.82, 2.24) is 0 Å². The van der Waals surface area contributed by atoms with Crippen molar-refractivity contribution >= 4 is 6.16 Å². The molecule has 0 aliphatic carbocycles. The SMILES string of the molecule is CC=C(C)CCOC(=O)O. The second kappa shape index (κ2) is 4.85. The molecular formula is C7H12O3. The van der Waals surface area contributed by atoms with E-state index in [0.29, 0.717) is 6.42 Å². The normalized spacial score (nSPS) is 11.2. The summed E-state index contributed by atoms with van der Waals surface area (Å²) in [7, 11) is 0. The molecule has 0 aliphatic rings. The first-order valence-electron chi connectivity index (χ1n) is 3.14. The molecule has 0 aliphatic heterocycles. The Balaban J connectivity index is 3.29. The van der Waals surface area contributed by atoms with E-state index in [9.17, 15) is 4.79 Å². The number of ether oxygens (including phenoxy) is 1. The van der Waals surface area contributed by atoms with Crippen LogP contribution in [0.5, 0.6) is 0 Å². The standard InChI is InChI=1S/C7H12O3/c1-3-6(2)4-5-10-7(8)9/h3H,4-5H2,1-2H3,(H,8,9). The topological polar surface area (TPSA) is 46.5 Å². The van der Waals surface area contributed by atoms with E-state index in [1.807, 2.05) is 19.9 Å². The first-order chi connectivity index (χ1) is 4.66. The zero-order chi connectivity index (χ0) is 7.98. The summed E-state index contributed by atoms with van der Waals surface area (Å²) in [5, 5.41) is 8.06. The highest BCUT2D eigenvalue weighted by Gasteiger charge is 1.94. The van der Waals surface area contributed by atoms with Gasteiger partial charge in [-0.1, -0.05) is 11.6 Å². The largest absolute Gasteiger partial charge is 0.505 e. The molecule has 0 bridgehead atoms. The molecule has 0 aromatic rings. The maximum Gasteiger partial charge on any atom is 0.505 e. The van der Waals surface area contributed by atoms with Gasteiger partial charge in [0.1, 0.15) is 0 Å². The molecule has 3 nitrogen and oxygen atoms in total. The summed E-state index contributed by atoms with van der Waals surface area (Å²) in [5.41, 5.74) is 1.14. The van der Waals surface area contributed by atoms with Crippen LogP contribution in [0.25, 0.3) is 0 Å². The van der Waals surface area contributed by atoms with Gasteiger partial charge >= 0.3 is 6.16 Å². The molecule has 0 unspecified atom stereocenters. The van der Waals surface area contributed by atoms with Crippen LogP contribution in [0.3, 0.4) is 0 Å². The van der Waals surface area contributed by atoms with E-state index in [-0.39, 0.29) is 6.61 Å². The molecule has 0 saturated heterocycles. The van der Waals surface area contributed by atoms with Crippen LogP contribution in [-0.2, 0) is 4.74 Å². The third-order valence-corrected chi connectivity index (χ3v) is 1.21. The lowest BCUT2D eigenvalue weighted by Crippen LogP contribution is -2.01. The second-order valence-electron chi connectivity index (χ2n) is 2.00. The lowest BCUT2D eigenvalue weighted by atomic mass is 10.2. The quantitative estimate of drug-likeness (QED) is 0.487. The van der Waals surface area contributed by atoms with E-state index in [4.69, 9.17) is 5.11 Å². The van der Waals surface area contributed by atoms with Crippen LogP contribution in [0, 0.1) is 0 Å². The summed E-state index contributed by atoms with van der Waals surface area (Å²) in [6, 6.07) is 0. The molecule has 10 heavy (non-hydrogen) atoms. The van der Waals surface area contributed by atoms with Gasteiger partial charge in [-0.05, 0) is 13.8 Å². The highest BCUT2D eigenvalue weighted by atomic mass is 16.7. The van der Waals surface area contributed by atoms with Crippen LogP contribution < -0.4 is 0 Å². The van der Waals surface area contributed by atoms with Gasteiger partial charge in [0, 0.05) is 6.42 Å². The summed E-state index contributed by atoms with van der Waals surface area (Å²) in [6.45, 7) is 4.10. The molecule has 0 heterocycles. The Bertz CT molecular complexity index is 138. The molecule has 0 aromatic heterocycles. The van der Waals surface area contributed by atoms with E-state index < -0.39 is 6.16 Å². The van der Waals surface area contributed by atoms with Crippen molar-refractivity contribution < 1.29 is 14.6 Å². The zero-order valence-electron chi connectivity index (χ0n) is 6.26. The van der Waals surface area contributed by atoms with Crippen molar-refractivity contribution in [3.63, 3.8) is 0 Å². The summed E-state index contributed by atoms with van der Waals surface area (Å²) in [5.74, 6) is 0. The monoisotopic (exact) mass is 144 g/mol. The van der Waals surface area contributed by atoms with E-state index in [2.05, 4.69) is 4.74 Å². The van der Waals surface area contributed by atoms with Crippen LogP contribution in [0.2, 0.25) is 0 Å². The molecule has 0 aromatic carbocycles. The third-order valence-electron chi connectivity index (χ3n) is 1.21. The molecule has 58 valence electrons. The number of allylic oxidation sites excluding steroid dienone is 1. The van der Waals surface area contributed by atoms with E-state index >= 15 is 0 Å². The van der Waals surface area contributed by atoms with Crippen molar-refractivity contribution in [2.24, 2.45) is 0 Å². The number of hydrogen-bond donors (Lipinski definition) is 1. The second-order valence-corrected chi connectivity index (χ2v) is 2.00. The number of rotatable bonds is 3. The molecule has 1 N–H and O–H groups in total. The lowest BCUT2D eigenvalue weighted by Gasteiger charge is -1.98. The minimum Gasteiger partial charge on any atom is -0.450 e. The molecule has 0 fully saturated rings. The minimum atomic E-state index is -1.20. The van der Waals surface area contributed by atoms with Gasteiger partial charge in [0.2, 0.25) is 0 Å². The van der Waals surface area contributed by atoms with Gasteiger partial charge in [0.25, 0.3) is 0 Å². The Morgan fingerprint density at radius 2 is 2.30 bits per heavy atom. The molecule has 0 spiro atoms. The van der Waals surface area contributed by atoms with Crippen molar-refractivity contribution in [1.29, 1.82) is 0 Å². The van der Waals surface area contributed by atoms with Crippen LogP contribution in [0.15, 0.2) is 11.6 Å². The fourth-order valence-electron chi connectivity index (χ4n) is 0.444. The van der Waals surface area contributed by atoms with Crippen LogP contribution in [-0.4, -0.2) is 17.9 Å². The fraction of sp³-hybridized carbons (Fsp3) is 0.571. The van der Waals surface area contributed by atoms with Crippen molar-refractivity contribution in [2.45, 2.75) is 20.3 Å². The zero-order valence-corrected chi connectivity index (χ0v) is 6.26. The number of hydrogen-bond acceptors (Lipinski definition) is 2. The van der Waals surface area contributed by atoms with Crippen molar-refractivity contribution in [3.8, 4) is 0 Å². The molecule has 0 amide bonds. The fourth-order valence-corrected chi connectivity index (χ4v) is 0.444. The molecule has 0 atom stereocenters. The maximum absolute atomic E-state index is 9.83. The molecular weight excluding hydrogens is 132 g/mol. The van der Waals surface area contributed by atoms with Gasteiger partial charge in [0.15, 0.2) is 0 Å². The molecule has 3 heteroatoms. The van der Waals surface area contributed by atoms with E-state index in [1.165, 1.54) is 0 Å². The summed E-state index contributed by atoms with van der Waals surface area (Å²) < 4.78 is 4.29. The van der Waals surface area contributed by atoms with Gasteiger partial charge in [-0.3, -0.25) is 0 Å². The van der Waals surface area contributed by atoms with E-state index in [0.717, 1.165) is 5.57 Å². The van der Waals surface area contributed by atoms with Crippen LogP contribution in [0.1, 0.15) is 20.3 Å². The Morgan fingerprint density at radius 1 is 1.70 bits per heavy atom. The van der Waals surface area contributed by atoms with Crippen LogP contribution >= 0.6 is 0 Å². The summed E-state index contributed by atoms with van der Waals surface area (Å²) in [6.07, 6.45) is 1.41. The van der Waals surface area contributed by atoms with Crippen molar-refractivity contribution in [2.75, 3.05) is 6.61 Å². The average molecular weight is 144 g/mol. The molecule has 0 saturated carbocycles. The van der Waals surface area contributed by atoms with Gasteiger partial charge in [-0.2, -0.15) is 0 Å². The van der Waals surface area contributed by atoms with Gasteiger partial charge < -0.3 is 9.84 Å². The Kier molecular flexibility index (Phi) is 4.37. The Hall–Kier alpha value is -0.990. The van der Waals surface area contributed by atoms with Gasteiger partial charge in [-0.25, -0.2) is 4.79 Å². The number of carboxylic acid groups (broad SMARTS) is 1. The lowest BCUT2D eigenvalue weighted by molar-refractivity contribution is 0.0927. The summed E-state index contributed by atoms with van der Waals surface area (Å²) in [4.78, 5) is 9.83.